The number of rotatable bonds is 11. The first-order valence-electron chi connectivity index (χ1n) is 13.2. The molecule has 1 N–H and O–H groups in total. The van der Waals surface area contributed by atoms with Crippen molar-refractivity contribution >= 4 is 24.9 Å². The Bertz CT molecular complexity index is 1350. The molecular weight excluding hydrogens is 496 g/mol. The third-order valence-corrected chi connectivity index (χ3v) is 8.17. The zero-order valence-electron chi connectivity index (χ0n) is 23.1. The van der Waals surface area contributed by atoms with Crippen LogP contribution in [0, 0.1) is 17.8 Å². The van der Waals surface area contributed by atoms with Crippen molar-refractivity contribution in [3.63, 3.8) is 0 Å². The van der Waals surface area contributed by atoms with Gasteiger partial charge in [0.05, 0.1) is 36.2 Å². The molecule has 0 aliphatic heterocycles. The number of carbonyl (C=O) groups is 1. The molecule has 0 saturated heterocycles. The number of aromatic nitrogens is 3. The summed E-state index contributed by atoms with van der Waals surface area (Å²) in [6, 6.07) is 6.51. The lowest BCUT2D eigenvalue weighted by Gasteiger charge is -2.20. The van der Waals surface area contributed by atoms with Crippen LogP contribution in [0.4, 0.5) is 0 Å². The average molecular weight is 535 g/mol. The minimum Gasteiger partial charge on any atom is -0.493 e. The van der Waals surface area contributed by atoms with Crippen LogP contribution in [0.5, 0.6) is 5.75 Å². The van der Waals surface area contributed by atoms with Gasteiger partial charge >= 0.3 is 0 Å². The van der Waals surface area contributed by atoms with E-state index in [2.05, 4.69) is 41.6 Å². The molecule has 1 aromatic carbocycles. The van der Waals surface area contributed by atoms with E-state index in [1.54, 1.807) is 41.2 Å². The fourth-order valence-electron chi connectivity index (χ4n) is 4.08. The van der Waals surface area contributed by atoms with Gasteiger partial charge in [-0.2, -0.15) is 5.10 Å². The van der Waals surface area contributed by atoms with Gasteiger partial charge in [0.25, 0.3) is 5.91 Å². The first kappa shape index (κ1) is 27.8. The molecule has 8 nitrogen and oxygen atoms in total. The molecule has 2 heterocycles. The van der Waals surface area contributed by atoms with Crippen molar-refractivity contribution in [2.75, 3.05) is 20.3 Å². The van der Waals surface area contributed by atoms with E-state index in [0.29, 0.717) is 49.4 Å². The summed E-state index contributed by atoms with van der Waals surface area (Å²) in [5.74, 6) is 7.45. The van der Waals surface area contributed by atoms with E-state index in [9.17, 15) is 9.90 Å². The first-order chi connectivity index (χ1) is 18.2. The van der Waals surface area contributed by atoms with Gasteiger partial charge in [0.1, 0.15) is 12.5 Å². The van der Waals surface area contributed by atoms with E-state index >= 15 is 0 Å². The molecule has 0 unspecified atom stereocenters. The predicted molar refractivity (Wildman–Crippen MR) is 151 cm³/mol. The van der Waals surface area contributed by atoms with Gasteiger partial charge in [0, 0.05) is 56.9 Å². The summed E-state index contributed by atoms with van der Waals surface area (Å²) in [7, 11) is 0.561. The van der Waals surface area contributed by atoms with Crippen LogP contribution in [0.2, 0.25) is 25.7 Å². The highest BCUT2D eigenvalue weighted by Crippen LogP contribution is 2.29. The first-order valence-corrected chi connectivity index (χ1v) is 17.0. The van der Waals surface area contributed by atoms with Crippen LogP contribution in [0.3, 0.4) is 0 Å². The summed E-state index contributed by atoms with van der Waals surface area (Å²) in [6.07, 6.45) is 5.73. The van der Waals surface area contributed by atoms with Crippen LogP contribution in [-0.4, -0.2) is 59.0 Å². The number of benzene rings is 1. The molecule has 0 radical (unpaired) electrons. The van der Waals surface area contributed by atoms with Crippen LogP contribution in [0.15, 0.2) is 30.6 Å². The zero-order valence-corrected chi connectivity index (χ0v) is 24.1. The van der Waals surface area contributed by atoms with E-state index < -0.39 is 8.07 Å². The summed E-state index contributed by atoms with van der Waals surface area (Å²) in [4.78, 5) is 19.5. The van der Waals surface area contributed by atoms with Crippen LogP contribution in [0.25, 0.3) is 10.9 Å². The number of carbonyl (C=O) groups excluding carboxylic acids is 1. The molecule has 1 aliphatic carbocycles. The van der Waals surface area contributed by atoms with Crippen molar-refractivity contribution in [1.29, 1.82) is 0 Å². The molecule has 9 heteroatoms. The number of aliphatic hydroxyl groups is 1. The summed E-state index contributed by atoms with van der Waals surface area (Å²) >= 11 is 0. The molecule has 38 heavy (non-hydrogen) atoms. The Labute approximate surface area is 226 Å². The zero-order chi connectivity index (χ0) is 27.3. The number of ether oxygens (including phenoxy) is 2. The number of nitrogens with zero attached hydrogens (tertiary/aromatic N) is 4. The highest BCUT2D eigenvalue weighted by Gasteiger charge is 2.20. The van der Waals surface area contributed by atoms with E-state index in [0.717, 1.165) is 40.9 Å². The lowest BCUT2D eigenvalue weighted by molar-refractivity contribution is 0.0781. The maximum absolute atomic E-state index is 13.4. The second-order valence-electron chi connectivity index (χ2n) is 11.0. The third kappa shape index (κ3) is 7.01. The Balaban J connectivity index is 1.54. The lowest BCUT2D eigenvalue weighted by atomic mass is 10.1. The highest BCUT2D eigenvalue weighted by molar-refractivity contribution is 6.76. The molecule has 0 atom stereocenters. The van der Waals surface area contributed by atoms with Gasteiger partial charge in [-0.15, -0.1) is 0 Å². The van der Waals surface area contributed by atoms with Gasteiger partial charge in [-0.05, 0) is 44.0 Å². The highest BCUT2D eigenvalue weighted by atomic mass is 28.3. The van der Waals surface area contributed by atoms with E-state index in [-0.39, 0.29) is 12.5 Å². The Kier molecular flexibility index (Phi) is 8.87. The molecule has 3 aromatic rings. The summed E-state index contributed by atoms with van der Waals surface area (Å²) in [6.45, 7) is 10.5. The molecule has 0 bridgehead atoms. The molecule has 1 aliphatic rings. The summed E-state index contributed by atoms with van der Waals surface area (Å²) in [5, 5.41) is 15.1. The standard InChI is InChI=1S/C29H38N4O4Si/c1-6-37-27-15-23(12-11-22(27)10-9-21-7-8-21)29(35)32(2)18-24-16-30-26(19-34)25-17-31-33(28(24)25)20-36-13-14-38(3,4)5/h11-12,15-17,21,34H,6-8,13-14,18-20H2,1-5H3. The Morgan fingerprint density at radius 2 is 2.05 bits per heavy atom. The van der Waals surface area contributed by atoms with Crippen molar-refractivity contribution in [2.24, 2.45) is 5.92 Å². The van der Waals surface area contributed by atoms with E-state index in [4.69, 9.17) is 9.47 Å². The normalized spacial score (nSPS) is 13.3. The Hall–Kier alpha value is -3.19. The largest absolute Gasteiger partial charge is 0.493 e. The van der Waals surface area contributed by atoms with Crippen molar-refractivity contribution in [3.05, 3.63) is 53.0 Å². The summed E-state index contributed by atoms with van der Waals surface area (Å²) in [5.41, 5.74) is 3.54. The molecule has 1 amide bonds. The van der Waals surface area contributed by atoms with Crippen LogP contribution >= 0.6 is 0 Å². The molecule has 2 aromatic heterocycles. The van der Waals surface area contributed by atoms with E-state index in [1.165, 1.54) is 0 Å². The van der Waals surface area contributed by atoms with Crippen LogP contribution in [-0.2, 0) is 24.6 Å². The smallest absolute Gasteiger partial charge is 0.254 e. The molecule has 202 valence electrons. The molecular formula is C29H38N4O4Si. The third-order valence-electron chi connectivity index (χ3n) is 6.46. The monoisotopic (exact) mass is 534 g/mol. The quantitative estimate of drug-likeness (QED) is 0.219. The number of hydrogen-bond donors (Lipinski definition) is 1. The Morgan fingerprint density at radius 1 is 1.26 bits per heavy atom. The van der Waals surface area contributed by atoms with Gasteiger partial charge in [0.2, 0.25) is 0 Å². The van der Waals surface area contributed by atoms with Crippen molar-refractivity contribution in [2.45, 2.75) is 65.3 Å². The van der Waals surface area contributed by atoms with Crippen molar-refractivity contribution < 1.29 is 19.4 Å². The van der Waals surface area contributed by atoms with Gasteiger partial charge < -0.3 is 19.5 Å². The predicted octanol–water partition coefficient (Wildman–Crippen LogP) is 4.67. The van der Waals surface area contributed by atoms with Crippen LogP contribution in [0.1, 0.15) is 46.9 Å². The molecule has 1 saturated carbocycles. The van der Waals surface area contributed by atoms with Gasteiger partial charge in [0.15, 0.2) is 0 Å². The molecule has 1 fully saturated rings. The fraction of sp³-hybridized carbons (Fsp3) is 0.483. The topological polar surface area (TPSA) is 89.7 Å². The molecule has 0 spiro atoms. The SMILES string of the molecule is CCOc1cc(C(=O)N(C)Cc2cnc(CO)c3cnn(COCC[Si](C)(C)C)c23)ccc1C#CC1CC1. The van der Waals surface area contributed by atoms with Crippen LogP contribution < -0.4 is 4.74 Å². The lowest BCUT2D eigenvalue weighted by Crippen LogP contribution is -2.27. The van der Waals surface area contributed by atoms with Crippen molar-refractivity contribution in [3.8, 4) is 17.6 Å². The minimum absolute atomic E-state index is 0.135. The Morgan fingerprint density at radius 3 is 2.74 bits per heavy atom. The average Bonchev–Trinajstić information content (AvgIpc) is 3.62. The van der Waals surface area contributed by atoms with Crippen molar-refractivity contribution in [1.82, 2.24) is 19.7 Å². The van der Waals surface area contributed by atoms with E-state index in [1.807, 2.05) is 13.0 Å². The molecule has 4 rings (SSSR count). The second kappa shape index (κ2) is 12.1. The fourth-order valence-corrected chi connectivity index (χ4v) is 4.84. The number of hydrogen-bond acceptors (Lipinski definition) is 6. The number of amides is 1. The maximum Gasteiger partial charge on any atom is 0.254 e. The van der Waals surface area contributed by atoms with Gasteiger partial charge in [-0.1, -0.05) is 31.5 Å². The number of aliphatic hydroxyl groups excluding tert-OH is 1. The summed E-state index contributed by atoms with van der Waals surface area (Å²) < 4.78 is 13.5. The number of fused-ring (bicyclic) bond motifs is 1. The number of pyridine rings is 1. The maximum atomic E-state index is 13.4. The minimum atomic E-state index is -1.20. The van der Waals surface area contributed by atoms with Gasteiger partial charge in [-0.3, -0.25) is 9.78 Å². The second-order valence-corrected chi connectivity index (χ2v) is 16.6. The van der Waals surface area contributed by atoms with Gasteiger partial charge in [-0.25, -0.2) is 4.68 Å².